The molecule has 0 aliphatic rings. The number of esters is 22. The third kappa shape index (κ3) is 60.5. The summed E-state index contributed by atoms with van der Waals surface area (Å²) in [5.74, 6) is -24.5. The van der Waals surface area contributed by atoms with E-state index in [2.05, 4.69) is 37.9 Å². The lowest BCUT2D eigenvalue weighted by molar-refractivity contribution is -0.184. The molecule has 0 spiro atoms. The van der Waals surface area contributed by atoms with Gasteiger partial charge in [0.2, 0.25) is 20.4 Å². The Balaban J connectivity index is 4.07. The molecular weight excluding hydrogens is 1670 g/mol. The fraction of sp³-hybridized carbons (Fsp3) is 0.635. The predicted octanol–water partition coefficient (Wildman–Crippen LogP) is -1.04. The van der Waals surface area contributed by atoms with Gasteiger partial charge in [0.1, 0.15) is 77.8 Å². The number of carbonyl (C=O) groups is 23. The zero-order valence-corrected chi connectivity index (χ0v) is 68.8. The van der Waals surface area contributed by atoms with E-state index in [1.54, 1.807) is 6.92 Å². The number of rotatable bonds is 66. The van der Waals surface area contributed by atoms with Crippen molar-refractivity contribution in [3.05, 3.63) is 24.3 Å². The molecule has 0 saturated heterocycles. The van der Waals surface area contributed by atoms with Gasteiger partial charge in [-0.2, -0.15) is 0 Å². The maximum Gasteiger partial charge on any atom is 0.350 e. The van der Waals surface area contributed by atoms with Crippen molar-refractivity contribution in [2.75, 3.05) is 127 Å². The molecule has 49 heteroatoms. The minimum absolute atomic E-state index is 0.0139. The van der Waals surface area contributed by atoms with E-state index in [1.807, 2.05) is 0 Å². The Hall–Kier alpha value is -12.7. The average Bonchev–Trinajstić information content (AvgIpc) is 0.942. The van der Waals surface area contributed by atoms with Crippen LogP contribution in [0.2, 0.25) is 0 Å². The standard InChI is InChI=1S/C74H100O49/c1-10-99-41-110-59(82)38-66(89)122-50(7)74(97)116-43-112-60(83)39-67(90)120-47(4)70(93)108-28-14-11-25-103-54(77)35-63(86)119-48(5)71(94)109-31-18-24-101-23-17-30-105-56(79)34-62(85)117-45(2)52(75)19-32-102-21-15-20-100-22-16-29-106-57(80)37-64(87)118-46(3)69(92)107-27-13-12-26-104-55(78)36-65(88)121-49(6)72(95)115-44-113-61(84)40-68(91)123-51(8)73(96)114-42-111-58(81)33-53(76)98-9/h11-14,45-51H,10,15-44H2,1-9H3/b13-12-,14-11-. The smallest absolute Gasteiger partial charge is 0.350 e. The Labute approximate surface area is 701 Å². The van der Waals surface area contributed by atoms with Gasteiger partial charge in [0, 0.05) is 65.3 Å². The highest BCUT2D eigenvalue weighted by Crippen LogP contribution is 2.10. The molecule has 0 heterocycles. The summed E-state index contributed by atoms with van der Waals surface area (Å²) in [6.07, 6.45) is -11.4. The van der Waals surface area contributed by atoms with Crippen LogP contribution >= 0.6 is 0 Å². The Morgan fingerprint density at radius 3 is 0.748 bits per heavy atom. The predicted molar refractivity (Wildman–Crippen MR) is 387 cm³/mol. The van der Waals surface area contributed by atoms with E-state index >= 15 is 0 Å². The summed E-state index contributed by atoms with van der Waals surface area (Å²) in [6, 6.07) is 0. The van der Waals surface area contributed by atoms with Gasteiger partial charge in [-0.3, -0.25) is 81.5 Å². The molecule has 7 unspecified atom stereocenters. The lowest BCUT2D eigenvalue weighted by Gasteiger charge is -2.13. The second kappa shape index (κ2) is 67.1. The Bertz CT molecular complexity index is 3550. The van der Waals surface area contributed by atoms with Crippen molar-refractivity contribution in [3.8, 4) is 0 Å². The van der Waals surface area contributed by atoms with E-state index in [0.29, 0.717) is 6.42 Å². The minimum atomic E-state index is -1.62. The Morgan fingerprint density at radius 1 is 0.220 bits per heavy atom. The molecule has 0 rings (SSSR count). The van der Waals surface area contributed by atoms with Crippen LogP contribution in [0.15, 0.2) is 24.3 Å². The lowest BCUT2D eigenvalue weighted by Crippen LogP contribution is -2.30. The fourth-order valence-corrected chi connectivity index (χ4v) is 7.59. The van der Waals surface area contributed by atoms with Crippen LogP contribution in [0.25, 0.3) is 0 Å². The molecule has 690 valence electrons. The van der Waals surface area contributed by atoms with Crippen LogP contribution in [0.5, 0.6) is 0 Å². The topological polar surface area (TPSA) is 633 Å². The van der Waals surface area contributed by atoms with Crippen LogP contribution in [0.4, 0.5) is 0 Å². The van der Waals surface area contributed by atoms with Crippen molar-refractivity contribution < 1.29 is 233 Å². The first-order valence-electron chi connectivity index (χ1n) is 37.2. The molecule has 7 atom stereocenters. The quantitative estimate of drug-likeness (QED) is 0.0175. The van der Waals surface area contributed by atoms with Crippen LogP contribution in [0, 0.1) is 0 Å². The molecule has 0 aliphatic heterocycles. The summed E-state index contributed by atoms with van der Waals surface area (Å²) in [5, 5.41) is 0. The van der Waals surface area contributed by atoms with Gasteiger partial charge in [-0.15, -0.1) is 0 Å². The van der Waals surface area contributed by atoms with Gasteiger partial charge in [0.05, 0.1) is 33.5 Å². The zero-order chi connectivity index (χ0) is 92.5. The number of ether oxygens (including phenoxy) is 26. The first-order chi connectivity index (χ1) is 58.3. The normalized spacial score (nSPS) is 12.4. The monoisotopic (exact) mass is 1770 g/mol. The molecule has 49 nitrogen and oxygen atoms in total. The highest BCUT2D eigenvalue weighted by molar-refractivity contribution is 5.97. The van der Waals surface area contributed by atoms with Crippen LogP contribution in [-0.4, -0.2) is 307 Å². The average molecular weight is 1770 g/mol. The van der Waals surface area contributed by atoms with Gasteiger partial charge in [-0.1, -0.05) is 0 Å². The van der Waals surface area contributed by atoms with E-state index < -0.39 is 258 Å². The molecule has 0 radical (unpaired) electrons. The second-order valence-corrected chi connectivity index (χ2v) is 24.0. The summed E-state index contributed by atoms with van der Waals surface area (Å²) in [7, 11) is 1.03. The maximum atomic E-state index is 12.5. The molecule has 0 bridgehead atoms. The molecule has 0 aliphatic carbocycles. The molecule has 0 aromatic rings. The zero-order valence-electron chi connectivity index (χ0n) is 68.8. The fourth-order valence-electron chi connectivity index (χ4n) is 7.59. The first-order valence-corrected chi connectivity index (χ1v) is 37.2. The van der Waals surface area contributed by atoms with Crippen molar-refractivity contribution in [1.29, 1.82) is 0 Å². The van der Waals surface area contributed by atoms with Crippen molar-refractivity contribution >= 4 is 137 Å². The summed E-state index contributed by atoms with van der Waals surface area (Å²) >= 11 is 0. The minimum Gasteiger partial charge on any atom is -0.469 e. The number of ketones is 1. The highest BCUT2D eigenvalue weighted by Gasteiger charge is 2.30. The number of hydrogen-bond acceptors (Lipinski definition) is 49. The molecule has 0 aromatic heterocycles. The molecule has 0 aromatic carbocycles. The third-order valence-corrected chi connectivity index (χ3v) is 13.7. The van der Waals surface area contributed by atoms with Crippen LogP contribution in [0.1, 0.15) is 139 Å². The van der Waals surface area contributed by atoms with Gasteiger partial charge in [-0.25, -0.2) is 28.8 Å². The van der Waals surface area contributed by atoms with Crippen molar-refractivity contribution in [3.63, 3.8) is 0 Å². The molecule has 0 fully saturated rings. The van der Waals surface area contributed by atoms with Gasteiger partial charge in [0.25, 0.3) is 0 Å². The van der Waals surface area contributed by atoms with Gasteiger partial charge < -0.3 is 123 Å². The van der Waals surface area contributed by atoms with E-state index in [4.69, 9.17) is 85.3 Å². The number of Topliss-reactive ketones (excluding diaryl/α,β-unsaturated/α-hetero) is 1. The summed E-state index contributed by atoms with van der Waals surface area (Å²) < 4.78 is 126. The molecule has 0 saturated carbocycles. The maximum absolute atomic E-state index is 12.5. The summed E-state index contributed by atoms with van der Waals surface area (Å²) in [5.41, 5.74) is 0. The molecular formula is C74H100O49. The third-order valence-electron chi connectivity index (χ3n) is 13.7. The molecule has 0 amide bonds. The summed E-state index contributed by atoms with van der Waals surface area (Å²) in [4.78, 5) is 276. The van der Waals surface area contributed by atoms with E-state index in [-0.39, 0.29) is 118 Å². The van der Waals surface area contributed by atoms with Crippen LogP contribution in [0.3, 0.4) is 0 Å². The summed E-state index contributed by atoms with van der Waals surface area (Å²) in [6.45, 7) is 5.44. The van der Waals surface area contributed by atoms with Gasteiger partial charge >= 0.3 is 131 Å². The van der Waals surface area contributed by atoms with E-state index in [0.717, 1.165) is 34.8 Å². The van der Waals surface area contributed by atoms with Crippen molar-refractivity contribution in [2.45, 2.75) is 182 Å². The van der Waals surface area contributed by atoms with Crippen molar-refractivity contribution in [1.82, 2.24) is 0 Å². The second-order valence-electron chi connectivity index (χ2n) is 24.0. The van der Waals surface area contributed by atoms with E-state index in [9.17, 15) is 110 Å². The first kappa shape index (κ1) is 110. The SMILES string of the molecule is CCOCOC(=O)CC(=O)OC(C)C(=O)OCOC(=O)CC(=O)OC(C)C(=O)OC/C=C\COC(=O)CC(=O)OC(C)C(=O)OCCCOCCCOC(=O)CC(=O)OC(C)C(=O)CCOCCCOCCCOC(=O)CC(=O)OC(C)C(=O)OC/C=C\COC(=O)CC(=O)OC(C)C(=O)OCOC(=O)CC(=O)OC(C)C(=O)OCOC(=O)CC(=O)OC. The van der Waals surface area contributed by atoms with Crippen LogP contribution in [-0.2, 0) is 233 Å². The lowest BCUT2D eigenvalue weighted by atomic mass is 10.2. The number of hydrogen-bond donors (Lipinski definition) is 0. The Kier molecular flexibility index (Phi) is 60.1. The van der Waals surface area contributed by atoms with Gasteiger partial charge in [-0.05, 0) is 86.1 Å². The molecule has 0 N–H and O–H groups in total. The van der Waals surface area contributed by atoms with E-state index in [1.165, 1.54) is 45.1 Å². The number of methoxy groups -OCH3 is 1. The van der Waals surface area contributed by atoms with Crippen LogP contribution < -0.4 is 0 Å². The largest absolute Gasteiger partial charge is 0.469 e. The highest BCUT2D eigenvalue weighted by atomic mass is 16.7. The van der Waals surface area contributed by atoms with Crippen molar-refractivity contribution in [2.24, 2.45) is 0 Å². The van der Waals surface area contributed by atoms with Gasteiger partial charge in [0.15, 0.2) is 55.3 Å². The Morgan fingerprint density at radius 2 is 0.447 bits per heavy atom. The number of carbonyl (C=O) groups excluding carboxylic acids is 23. The molecule has 123 heavy (non-hydrogen) atoms.